The number of hydrogen-bond acceptors (Lipinski definition) is 5. The molecule has 1 aliphatic rings. The fourth-order valence-corrected chi connectivity index (χ4v) is 4.03. The van der Waals surface area contributed by atoms with E-state index >= 15 is 0 Å². The molecule has 0 atom stereocenters. The molecular weight excluding hydrogens is 278 g/mol. The Morgan fingerprint density at radius 1 is 1.40 bits per heavy atom. The molecule has 1 fully saturated rings. The molecule has 7 heteroatoms. The smallest absolute Gasteiger partial charge is 0.218 e. The van der Waals surface area contributed by atoms with E-state index in [1.54, 1.807) is 13.0 Å². The van der Waals surface area contributed by atoms with E-state index in [4.69, 9.17) is 4.52 Å². The molecule has 2 rings (SSSR count). The third kappa shape index (κ3) is 3.81. The summed E-state index contributed by atoms with van der Waals surface area (Å²) in [6.45, 7) is 1.71. The molecule has 0 aromatic carbocycles. The van der Waals surface area contributed by atoms with Gasteiger partial charge in [-0.05, 0) is 19.8 Å². The van der Waals surface area contributed by atoms with E-state index in [9.17, 15) is 13.7 Å². The zero-order valence-corrected chi connectivity index (χ0v) is 12.4. The molecule has 1 aliphatic carbocycles. The van der Waals surface area contributed by atoms with Gasteiger partial charge in [-0.15, -0.1) is 0 Å². The molecule has 1 N–H and O–H groups in total. The molecule has 0 aliphatic heterocycles. The highest BCUT2D eigenvalue weighted by atomic mass is 32.2. The molecule has 1 heterocycles. The number of nitrogens with zero attached hydrogens (tertiary/aromatic N) is 2. The van der Waals surface area contributed by atoms with Crippen LogP contribution in [0.4, 0.5) is 0 Å². The van der Waals surface area contributed by atoms with Crippen molar-refractivity contribution in [3.63, 3.8) is 0 Å². The molecule has 0 bridgehead atoms. The Hall–Kier alpha value is -1.39. The third-order valence-electron chi connectivity index (χ3n) is 3.54. The van der Waals surface area contributed by atoms with Crippen LogP contribution in [-0.4, -0.2) is 19.1 Å². The maximum absolute atomic E-state index is 12.2. The lowest BCUT2D eigenvalue weighted by Crippen LogP contribution is -2.47. The average molecular weight is 297 g/mol. The summed E-state index contributed by atoms with van der Waals surface area (Å²) in [5.41, 5.74) is -0.606. The van der Waals surface area contributed by atoms with Crippen LogP contribution >= 0.6 is 0 Å². The van der Waals surface area contributed by atoms with Gasteiger partial charge in [0.1, 0.15) is 22.7 Å². The van der Waals surface area contributed by atoms with Gasteiger partial charge >= 0.3 is 0 Å². The number of nitriles is 1. The van der Waals surface area contributed by atoms with Gasteiger partial charge in [-0.2, -0.15) is 9.98 Å². The van der Waals surface area contributed by atoms with E-state index in [1.165, 1.54) is 0 Å². The van der Waals surface area contributed by atoms with Crippen LogP contribution in [0.5, 0.6) is 0 Å². The van der Waals surface area contributed by atoms with Crippen molar-refractivity contribution in [2.45, 2.75) is 56.7 Å². The van der Waals surface area contributed by atoms with Crippen molar-refractivity contribution in [2.24, 2.45) is 0 Å². The second-order valence-electron chi connectivity index (χ2n) is 5.40. The van der Waals surface area contributed by atoms with Crippen LogP contribution in [0.25, 0.3) is 0 Å². The Morgan fingerprint density at radius 2 is 2.05 bits per heavy atom. The fraction of sp³-hybridized carbons (Fsp3) is 0.692. The highest BCUT2D eigenvalue weighted by Gasteiger charge is 2.35. The Labute approximate surface area is 119 Å². The molecule has 110 valence electrons. The van der Waals surface area contributed by atoms with Gasteiger partial charge in [0.2, 0.25) is 10.0 Å². The van der Waals surface area contributed by atoms with Gasteiger partial charge in [-0.1, -0.05) is 30.8 Å². The van der Waals surface area contributed by atoms with Gasteiger partial charge in [0.05, 0.1) is 6.07 Å². The summed E-state index contributed by atoms with van der Waals surface area (Å²) in [5.74, 6) is 0.313. The van der Waals surface area contributed by atoms with Gasteiger partial charge in [0, 0.05) is 6.07 Å². The second kappa shape index (κ2) is 5.94. The third-order valence-corrected chi connectivity index (χ3v) is 4.91. The van der Waals surface area contributed by atoms with E-state index in [0.29, 0.717) is 24.3 Å². The van der Waals surface area contributed by atoms with E-state index in [0.717, 1.165) is 25.7 Å². The number of hydrogen-bond donors (Lipinski definition) is 1. The summed E-state index contributed by atoms with van der Waals surface area (Å²) in [6, 6.07) is 3.76. The summed E-state index contributed by atoms with van der Waals surface area (Å²) >= 11 is 0. The number of nitrogens with one attached hydrogen (secondary N) is 1. The molecule has 20 heavy (non-hydrogen) atoms. The Balaban J connectivity index is 2.11. The largest absolute Gasteiger partial charge is 0.361 e. The molecule has 0 spiro atoms. The predicted molar refractivity (Wildman–Crippen MR) is 73.0 cm³/mol. The summed E-state index contributed by atoms with van der Waals surface area (Å²) in [7, 11) is -3.60. The van der Waals surface area contributed by atoms with Gasteiger partial charge in [0.15, 0.2) is 0 Å². The Morgan fingerprint density at radius 3 is 2.55 bits per heavy atom. The van der Waals surface area contributed by atoms with Crippen molar-refractivity contribution < 1.29 is 12.9 Å². The van der Waals surface area contributed by atoms with Crippen LogP contribution in [0.3, 0.4) is 0 Å². The first-order valence-electron chi connectivity index (χ1n) is 6.80. The molecule has 1 saturated carbocycles. The molecule has 1 aromatic rings. The molecular formula is C13H19N3O3S. The van der Waals surface area contributed by atoms with Crippen molar-refractivity contribution in [2.75, 3.05) is 0 Å². The minimum atomic E-state index is -3.60. The number of sulfonamides is 1. The maximum Gasteiger partial charge on any atom is 0.218 e. The van der Waals surface area contributed by atoms with E-state index in [2.05, 4.69) is 15.9 Å². The standard InChI is InChI=1S/C13H19N3O3S/c1-11-8-12(15-19-11)9-20(17,18)16-13(10-14)6-4-2-3-5-7-13/h8,16H,2-7,9H2,1H3. The molecule has 0 amide bonds. The minimum absolute atomic E-state index is 0.256. The molecule has 0 saturated heterocycles. The lowest BCUT2D eigenvalue weighted by molar-refractivity contribution is 0.391. The molecule has 0 radical (unpaired) electrons. The first kappa shape index (κ1) is 15.0. The summed E-state index contributed by atoms with van der Waals surface area (Å²) < 4.78 is 31.9. The summed E-state index contributed by atoms with van der Waals surface area (Å²) in [4.78, 5) is 0. The number of aryl methyl sites for hydroxylation is 1. The molecule has 6 nitrogen and oxygen atoms in total. The highest BCUT2D eigenvalue weighted by molar-refractivity contribution is 7.88. The molecule has 0 unspecified atom stereocenters. The lowest BCUT2D eigenvalue weighted by Gasteiger charge is -2.25. The van der Waals surface area contributed by atoms with E-state index in [-0.39, 0.29) is 5.75 Å². The topological polar surface area (TPSA) is 96.0 Å². The SMILES string of the molecule is Cc1cc(CS(=O)(=O)NC2(C#N)CCCCCC2)no1. The van der Waals surface area contributed by atoms with Crippen LogP contribution in [-0.2, 0) is 15.8 Å². The zero-order chi connectivity index (χ0) is 14.6. The van der Waals surface area contributed by atoms with Gasteiger partial charge < -0.3 is 4.52 Å². The normalized spacial score (nSPS) is 19.2. The van der Waals surface area contributed by atoms with Crippen molar-refractivity contribution in [1.29, 1.82) is 5.26 Å². The first-order chi connectivity index (χ1) is 9.45. The van der Waals surface area contributed by atoms with Crippen molar-refractivity contribution in [3.05, 3.63) is 17.5 Å². The highest BCUT2D eigenvalue weighted by Crippen LogP contribution is 2.27. The fourth-order valence-electron chi connectivity index (χ4n) is 2.58. The minimum Gasteiger partial charge on any atom is -0.361 e. The monoisotopic (exact) mass is 297 g/mol. The predicted octanol–water partition coefficient (Wildman–Crippen LogP) is 2.02. The van der Waals surface area contributed by atoms with Crippen LogP contribution < -0.4 is 4.72 Å². The first-order valence-corrected chi connectivity index (χ1v) is 8.45. The van der Waals surface area contributed by atoms with Crippen LogP contribution in [0.2, 0.25) is 0 Å². The lowest BCUT2D eigenvalue weighted by atomic mass is 9.94. The quantitative estimate of drug-likeness (QED) is 0.858. The Bertz CT molecular complexity index is 593. The van der Waals surface area contributed by atoms with Crippen molar-refractivity contribution >= 4 is 10.0 Å². The second-order valence-corrected chi connectivity index (χ2v) is 7.12. The summed E-state index contributed by atoms with van der Waals surface area (Å²) in [6.07, 6.45) is 4.99. The zero-order valence-electron chi connectivity index (χ0n) is 11.6. The molecule has 1 aromatic heterocycles. The van der Waals surface area contributed by atoms with Crippen molar-refractivity contribution in [1.82, 2.24) is 9.88 Å². The maximum atomic E-state index is 12.2. The number of rotatable bonds is 4. The van der Waals surface area contributed by atoms with Crippen LogP contribution in [0, 0.1) is 18.3 Å². The van der Waals surface area contributed by atoms with Gasteiger partial charge in [0.25, 0.3) is 0 Å². The average Bonchev–Trinajstić information content (AvgIpc) is 2.64. The van der Waals surface area contributed by atoms with Crippen LogP contribution in [0.15, 0.2) is 10.6 Å². The summed E-state index contributed by atoms with van der Waals surface area (Å²) in [5, 5.41) is 13.1. The van der Waals surface area contributed by atoms with Gasteiger partial charge in [-0.25, -0.2) is 8.42 Å². The number of aromatic nitrogens is 1. The Kier molecular flexibility index (Phi) is 4.45. The van der Waals surface area contributed by atoms with E-state index < -0.39 is 15.6 Å². The van der Waals surface area contributed by atoms with Crippen LogP contribution in [0.1, 0.15) is 50.0 Å². The van der Waals surface area contributed by atoms with Crippen molar-refractivity contribution in [3.8, 4) is 6.07 Å². The van der Waals surface area contributed by atoms with E-state index in [1.807, 2.05) is 0 Å². The van der Waals surface area contributed by atoms with Gasteiger partial charge in [-0.3, -0.25) is 0 Å².